The monoisotopic (exact) mass is 502 g/mol. The lowest BCUT2D eigenvalue weighted by molar-refractivity contribution is -0.147. The van der Waals surface area contributed by atoms with Crippen LogP contribution >= 0.6 is 0 Å². The summed E-state index contributed by atoms with van der Waals surface area (Å²) in [4.78, 5) is 50.5. The highest BCUT2D eigenvalue weighted by molar-refractivity contribution is 6.23. The fourth-order valence-corrected chi connectivity index (χ4v) is 6.07. The highest BCUT2D eigenvalue weighted by atomic mass is 16.3. The minimum absolute atomic E-state index is 0.0311. The predicted octanol–water partition coefficient (Wildman–Crippen LogP) is 3.79. The van der Waals surface area contributed by atoms with Gasteiger partial charge in [0.2, 0.25) is 5.78 Å². The van der Waals surface area contributed by atoms with E-state index in [1.165, 1.54) is 6.07 Å². The number of phenolic OH excluding ortho intramolecular Hbond substituents is 1. The first-order valence-corrected chi connectivity index (χ1v) is 12.2. The van der Waals surface area contributed by atoms with Crippen LogP contribution in [0, 0.1) is 11.8 Å². The predicted molar refractivity (Wildman–Crippen MR) is 133 cm³/mol. The summed E-state index contributed by atoms with van der Waals surface area (Å²) < 4.78 is 0. The Morgan fingerprint density at radius 3 is 2.46 bits per heavy atom. The molecule has 0 aliphatic heterocycles. The smallest absolute Gasteiger partial charge is 0.202 e. The lowest BCUT2D eigenvalue weighted by Gasteiger charge is -2.46. The number of hydrogen-bond acceptors (Lipinski definition) is 8. The van der Waals surface area contributed by atoms with Gasteiger partial charge in [0.1, 0.15) is 22.8 Å². The van der Waals surface area contributed by atoms with Gasteiger partial charge in [-0.2, -0.15) is 0 Å². The zero-order valence-electron chi connectivity index (χ0n) is 20.4. The average molecular weight is 503 g/mol. The summed E-state index contributed by atoms with van der Waals surface area (Å²) in [5.74, 6) is -5.77. The number of allylic oxidation sites excluding steroid dienone is 1. The number of hydrogen-bond donors (Lipinski definition) is 4. The first-order valence-electron chi connectivity index (χ1n) is 12.2. The van der Waals surface area contributed by atoms with Gasteiger partial charge in [0.25, 0.3) is 0 Å². The molecule has 3 aliphatic carbocycles. The quantitative estimate of drug-likeness (QED) is 0.364. The van der Waals surface area contributed by atoms with E-state index < -0.39 is 51.9 Å². The molecule has 0 bridgehead atoms. The molecule has 0 saturated heterocycles. The maximum atomic E-state index is 13.6. The van der Waals surface area contributed by atoms with Crippen molar-refractivity contribution < 1.29 is 39.6 Å². The first kappa shape index (κ1) is 24.6. The van der Waals surface area contributed by atoms with Crippen LogP contribution < -0.4 is 0 Å². The molecule has 0 aromatic heterocycles. The number of carbonyl (C=O) groups excluding carboxylic acids is 4. The Kier molecular flexibility index (Phi) is 5.68. The number of phenols is 1. The average Bonchev–Trinajstić information content (AvgIpc) is 2.85. The van der Waals surface area contributed by atoms with Crippen LogP contribution in [0.25, 0.3) is 16.9 Å². The molecule has 0 radical (unpaired) electrons. The standard InChI is InChI=1S/C29H26O8/c1-3-20(31)15-6-4-5-14(9-15)18-7-8-21(32)25-19(18)11-16-10-17-12-22(33)23(13(2)30)27(35)29(17,37)28(36)24(16)26(25)34/h4-9,16-17,32,34-35,37H,3,10-12H2,1-2H3/t16-,17+,29-/m1/s1. The molecule has 8 nitrogen and oxygen atoms in total. The topological polar surface area (TPSA) is 149 Å². The van der Waals surface area contributed by atoms with E-state index >= 15 is 0 Å². The van der Waals surface area contributed by atoms with Crippen LogP contribution in [0.1, 0.15) is 54.6 Å². The lowest BCUT2D eigenvalue weighted by Crippen LogP contribution is -2.57. The van der Waals surface area contributed by atoms with E-state index in [1.807, 2.05) is 6.07 Å². The van der Waals surface area contributed by atoms with Crippen molar-refractivity contribution in [3.63, 3.8) is 0 Å². The van der Waals surface area contributed by atoms with Crippen molar-refractivity contribution in [2.75, 3.05) is 0 Å². The summed E-state index contributed by atoms with van der Waals surface area (Å²) in [6.45, 7) is 2.84. The van der Waals surface area contributed by atoms with E-state index in [2.05, 4.69) is 0 Å². The Morgan fingerprint density at radius 2 is 1.78 bits per heavy atom. The van der Waals surface area contributed by atoms with Gasteiger partial charge in [0.15, 0.2) is 23.0 Å². The molecule has 5 rings (SSSR count). The summed E-state index contributed by atoms with van der Waals surface area (Å²) in [5.41, 5.74) is -0.783. The molecule has 0 unspecified atom stereocenters. The van der Waals surface area contributed by atoms with E-state index in [9.17, 15) is 39.6 Å². The highest BCUT2D eigenvalue weighted by Crippen LogP contribution is 2.53. The van der Waals surface area contributed by atoms with Gasteiger partial charge in [-0.25, -0.2) is 0 Å². The zero-order chi connectivity index (χ0) is 26.8. The van der Waals surface area contributed by atoms with Crippen LogP contribution in [0.5, 0.6) is 5.75 Å². The third kappa shape index (κ3) is 3.47. The van der Waals surface area contributed by atoms with Gasteiger partial charge < -0.3 is 20.4 Å². The number of fused-ring (bicyclic) bond motifs is 3. The van der Waals surface area contributed by atoms with Crippen LogP contribution in [-0.2, 0) is 20.8 Å². The normalized spacial score (nSPS) is 24.9. The summed E-state index contributed by atoms with van der Waals surface area (Å²) in [5, 5.41) is 44.1. The van der Waals surface area contributed by atoms with E-state index in [1.54, 1.807) is 31.2 Å². The van der Waals surface area contributed by atoms with Gasteiger partial charge in [0.05, 0.1) is 5.56 Å². The Hall–Kier alpha value is -4.04. The van der Waals surface area contributed by atoms with E-state index in [-0.39, 0.29) is 41.9 Å². The minimum atomic E-state index is -2.52. The number of aromatic hydroxyl groups is 1. The third-order valence-electron chi connectivity index (χ3n) is 7.87. The largest absolute Gasteiger partial charge is 0.508 e. The summed E-state index contributed by atoms with van der Waals surface area (Å²) in [6.07, 6.45) is 0.336. The third-order valence-corrected chi connectivity index (χ3v) is 7.87. The van der Waals surface area contributed by atoms with Crippen LogP contribution in [0.4, 0.5) is 0 Å². The molecule has 190 valence electrons. The second-order valence-electron chi connectivity index (χ2n) is 9.94. The Labute approximate surface area is 212 Å². The Morgan fingerprint density at radius 1 is 1.05 bits per heavy atom. The number of benzene rings is 2. The molecule has 1 fully saturated rings. The molecule has 3 aliphatic rings. The minimum Gasteiger partial charge on any atom is -0.508 e. The maximum Gasteiger partial charge on any atom is 0.202 e. The summed E-state index contributed by atoms with van der Waals surface area (Å²) >= 11 is 0. The summed E-state index contributed by atoms with van der Waals surface area (Å²) in [7, 11) is 0. The molecular formula is C29H26O8. The molecule has 0 spiro atoms. The number of carbonyl (C=O) groups is 4. The van der Waals surface area contributed by atoms with Crippen molar-refractivity contribution in [2.24, 2.45) is 11.8 Å². The molecule has 0 heterocycles. The molecule has 2 aromatic rings. The van der Waals surface area contributed by atoms with Crippen LogP contribution in [-0.4, -0.2) is 49.2 Å². The molecule has 8 heteroatoms. The zero-order valence-corrected chi connectivity index (χ0v) is 20.4. The fraction of sp³-hybridized carbons (Fsp3) is 0.310. The van der Waals surface area contributed by atoms with E-state index in [0.29, 0.717) is 28.7 Å². The number of rotatable bonds is 4. The van der Waals surface area contributed by atoms with Gasteiger partial charge in [-0.3, -0.25) is 19.2 Å². The molecule has 1 saturated carbocycles. The van der Waals surface area contributed by atoms with Crippen molar-refractivity contribution in [3.8, 4) is 16.9 Å². The van der Waals surface area contributed by atoms with Crippen molar-refractivity contribution in [2.45, 2.75) is 45.1 Å². The Balaban J connectivity index is 1.69. The van der Waals surface area contributed by atoms with E-state index in [0.717, 1.165) is 6.92 Å². The highest BCUT2D eigenvalue weighted by Gasteiger charge is 2.60. The maximum absolute atomic E-state index is 13.6. The lowest BCUT2D eigenvalue weighted by atomic mass is 9.59. The summed E-state index contributed by atoms with van der Waals surface area (Å²) in [6, 6.07) is 10.1. The SMILES string of the molecule is CCC(=O)c1cccc(-c2ccc(O)c3c2C[C@H]2C[C@H]4CC(=O)C(C(C)=O)=C(O)[C@@]4(O)C(=O)C2=C3O)c1. The van der Waals surface area contributed by atoms with Gasteiger partial charge in [-0.15, -0.1) is 0 Å². The fourth-order valence-electron chi connectivity index (χ4n) is 6.07. The number of aliphatic hydroxyl groups excluding tert-OH is 2. The van der Waals surface area contributed by atoms with E-state index in [4.69, 9.17) is 0 Å². The Bertz CT molecular complexity index is 1480. The number of ketones is 4. The molecule has 0 amide bonds. The van der Waals surface area contributed by atoms with Crippen LogP contribution in [0.15, 0.2) is 53.3 Å². The molecule has 37 heavy (non-hydrogen) atoms. The first-order chi connectivity index (χ1) is 17.5. The van der Waals surface area contributed by atoms with Crippen LogP contribution in [0.2, 0.25) is 0 Å². The molecule has 4 N–H and O–H groups in total. The van der Waals surface area contributed by atoms with Gasteiger partial charge in [-0.1, -0.05) is 31.2 Å². The van der Waals surface area contributed by atoms with Crippen molar-refractivity contribution in [1.29, 1.82) is 0 Å². The van der Waals surface area contributed by atoms with Gasteiger partial charge in [-0.05, 0) is 54.5 Å². The number of Topliss-reactive ketones (excluding diaryl/α,β-unsaturated/α-hetero) is 4. The second kappa shape index (κ2) is 8.52. The van der Waals surface area contributed by atoms with Crippen molar-refractivity contribution >= 4 is 28.9 Å². The van der Waals surface area contributed by atoms with Gasteiger partial charge in [0, 0.05) is 29.9 Å². The molecular weight excluding hydrogens is 476 g/mol. The van der Waals surface area contributed by atoms with Crippen LogP contribution in [0.3, 0.4) is 0 Å². The number of aliphatic hydroxyl groups is 3. The van der Waals surface area contributed by atoms with Gasteiger partial charge >= 0.3 is 0 Å². The van der Waals surface area contributed by atoms with Crippen molar-refractivity contribution in [3.05, 3.63) is 70.0 Å². The molecule has 3 atom stereocenters. The molecule has 2 aromatic carbocycles. The van der Waals surface area contributed by atoms with Crippen molar-refractivity contribution in [1.82, 2.24) is 0 Å². The second-order valence-corrected chi connectivity index (χ2v) is 9.94.